The fraction of sp³-hybridized carbons (Fsp3) is 0.565. The normalized spacial score (nSPS) is 27.4. The van der Waals surface area contributed by atoms with Crippen molar-refractivity contribution < 1.29 is 38.1 Å². The molecule has 7 N–H and O–H groups in total. The summed E-state index contributed by atoms with van der Waals surface area (Å²) in [6, 6.07) is 4.47. The van der Waals surface area contributed by atoms with Crippen LogP contribution in [0.1, 0.15) is 32.3 Å². The summed E-state index contributed by atoms with van der Waals surface area (Å²) in [5, 5.41) is 39.9. The molecule has 204 valence electrons. The van der Waals surface area contributed by atoms with Crippen molar-refractivity contribution in [3.8, 4) is 0 Å². The molecule has 0 radical (unpaired) electrons. The number of rotatable bonds is 11. The zero-order valence-electron chi connectivity index (χ0n) is 20.4. The van der Waals surface area contributed by atoms with Gasteiger partial charge in [-0.1, -0.05) is 26.0 Å². The van der Waals surface area contributed by atoms with Gasteiger partial charge in [0.15, 0.2) is 0 Å². The third-order valence-electron chi connectivity index (χ3n) is 6.74. The van der Waals surface area contributed by atoms with Gasteiger partial charge in [0.2, 0.25) is 15.9 Å². The fourth-order valence-electron chi connectivity index (χ4n) is 4.67. The van der Waals surface area contributed by atoms with Crippen molar-refractivity contribution in [3.05, 3.63) is 29.8 Å². The third kappa shape index (κ3) is 6.87. The van der Waals surface area contributed by atoms with Crippen LogP contribution in [-0.4, -0.2) is 82.5 Å². The van der Waals surface area contributed by atoms with E-state index in [0.29, 0.717) is 18.5 Å². The van der Waals surface area contributed by atoms with E-state index in [1.165, 1.54) is 23.9 Å². The van der Waals surface area contributed by atoms with Gasteiger partial charge in [-0.25, -0.2) is 18.4 Å². The van der Waals surface area contributed by atoms with Gasteiger partial charge in [-0.15, -0.1) is 11.8 Å². The van der Waals surface area contributed by atoms with Crippen molar-refractivity contribution in [2.24, 2.45) is 22.0 Å². The van der Waals surface area contributed by atoms with Gasteiger partial charge < -0.3 is 26.0 Å². The molecule has 0 aromatic heterocycles. The van der Waals surface area contributed by atoms with Gasteiger partial charge in [-0.3, -0.25) is 14.6 Å². The molecule has 0 spiro atoms. The summed E-state index contributed by atoms with van der Waals surface area (Å²) >= 11 is 1.35. The largest absolute Gasteiger partial charge is 0.481 e. The number of carboxylic acid groups (broad SMARTS) is 2. The van der Waals surface area contributed by atoms with Gasteiger partial charge >= 0.3 is 11.9 Å². The van der Waals surface area contributed by atoms with Gasteiger partial charge in [0.25, 0.3) is 0 Å². The predicted molar refractivity (Wildman–Crippen MR) is 137 cm³/mol. The van der Waals surface area contributed by atoms with Crippen LogP contribution >= 0.6 is 11.8 Å². The van der Waals surface area contributed by atoms with Crippen LogP contribution in [0, 0.1) is 11.8 Å². The number of carbonyl (C=O) groups is 3. The van der Waals surface area contributed by atoms with Crippen molar-refractivity contribution in [3.63, 3.8) is 0 Å². The number of nitrogens with one attached hydrogen (secondary N) is 2. The molecule has 2 heterocycles. The van der Waals surface area contributed by atoms with Crippen molar-refractivity contribution in [2.75, 3.05) is 6.54 Å². The van der Waals surface area contributed by atoms with Crippen molar-refractivity contribution in [1.82, 2.24) is 10.6 Å². The van der Waals surface area contributed by atoms with Crippen molar-refractivity contribution >= 4 is 45.3 Å². The van der Waals surface area contributed by atoms with Crippen LogP contribution in [0.4, 0.5) is 0 Å². The number of hydrogen-bond donors (Lipinski definition) is 6. The Morgan fingerprint density at radius 2 is 1.89 bits per heavy atom. The second kappa shape index (κ2) is 11.9. The number of aliphatic imine (C=N–C) groups is 1. The standard InChI is InChI=1S/C23H32N4O8S2/c1-3-16(28)17(22(30)31)18-11(2)20(19(27-18)23(32)33)36-13-8-15(25-10-13)21(29)26-9-12-4-6-14(7-5-12)37(24,34)35/h4-7,11,13,15-18,20,25,28H,3,8-10H2,1-2H3,(H,26,29)(H,30,31)(H,32,33)(H2,24,34,35). The summed E-state index contributed by atoms with van der Waals surface area (Å²) < 4.78 is 22.7. The Bertz CT molecular complexity index is 1160. The van der Waals surface area contributed by atoms with Crippen LogP contribution in [0.15, 0.2) is 34.2 Å². The number of amides is 1. The summed E-state index contributed by atoms with van der Waals surface area (Å²) in [5.41, 5.74) is 0.577. The van der Waals surface area contributed by atoms with Crippen LogP contribution in [-0.2, 0) is 31.0 Å². The molecule has 1 saturated heterocycles. The number of nitrogens with zero attached hydrogens (tertiary/aromatic N) is 1. The number of primary sulfonamides is 1. The summed E-state index contributed by atoms with van der Waals surface area (Å²) in [6.07, 6.45) is -0.512. The summed E-state index contributed by atoms with van der Waals surface area (Å²) in [4.78, 5) is 40.6. The third-order valence-corrected chi connectivity index (χ3v) is 9.36. The Kier molecular flexibility index (Phi) is 9.34. The minimum Gasteiger partial charge on any atom is -0.481 e. The number of carboxylic acids is 2. The highest BCUT2D eigenvalue weighted by atomic mass is 32.2. The minimum atomic E-state index is -3.80. The molecule has 7 unspecified atom stereocenters. The number of aliphatic hydroxyl groups is 1. The van der Waals surface area contributed by atoms with E-state index in [1.807, 2.05) is 0 Å². The zero-order valence-corrected chi connectivity index (χ0v) is 22.0. The molecule has 0 saturated carbocycles. The lowest BCUT2D eigenvalue weighted by atomic mass is 9.85. The van der Waals surface area contributed by atoms with Gasteiger partial charge in [0.1, 0.15) is 11.6 Å². The summed E-state index contributed by atoms with van der Waals surface area (Å²) in [7, 11) is -3.80. The van der Waals surface area contributed by atoms with E-state index in [2.05, 4.69) is 15.6 Å². The molecule has 3 rings (SSSR count). The second-order valence-electron chi connectivity index (χ2n) is 9.29. The van der Waals surface area contributed by atoms with Crippen LogP contribution in [0.25, 0.3) is 0 Å². The summed E-state index contributed by atoms with van der Waals surface area (Å²) in [6.45, 7) is 4.04. The highest BCUT2D eigenvalue weighted by molar-refractivity contribution is 8.01. The topological polar surface area (TPSA) is 208 Å². The van der Waals surface area contributed by atoms with E-state index in [0.717, 1.165) is 0 Å². The van der Waals surface area contributed by atoms with Gasteiger partial charge in [0.05, 0.1) is 28.3 Å². The number of thioether (sulfide) groups is 1. The number of nitrogens with two attached hydrogens (primary N) is 1. The van der Waals surface area contributed by atoms with Crippen LogP contribution < -0.4 is 15.8 Å². The Balaban J connectivity index is 1.60. The molecule has 0 aliphatic carbocycles. The van der Waals surface area contributed by atoms with Crippen LogP contribution in [0.2, 0.25) is 0 Å². The molecule has 2 aliphatic heterocycles. The molecule has 0 bridgehead atoms. The van der Waals surface area contributed by atoms with E-state index in [4.69, 9.17) is 5.14 Å². The number of aliphatic hydroxyl groups excluding tert-OH is 1. The molecular formula is C23H32N4O8S2. The van der Waals surface area contributed by atoms with E-state index in [1.54, 1.807) is 26.0 Å². The average Bonchev–Trinajstić information content (AvgIpc) is 3.43. The average molecular weight is 557 g/mol. The number of sulfonamides is 1. The van der Waals surface area contributed by atoms with Crippen molar-refractivity contribution in [2.45, 2.75) is 66.8 Å². The number of aliphatic carboxylic acids is 2. The summed E-state index contributed by atoms with van der Waals surface area (Å²) in [5.74, 6) is -4.34. The molecule has 2 aliphatic rings. The molecule has 14 heteroatoms. The smallest absolute Gasteiger partial charge is 0.350 e. The Labute approximate surface area is 219 Å². The minimum absolute atomic E-state index is 0.0218. The first kappa shape index (κ1) is 29.0. The number of hydrogen-bond acceptors (Lipinski definition) is 9. The maximum Gasteiger partial charge on any atom is 0.350 e. The van der Waals surface area contributed by atoms with Gasteiger partial charge in [0, 0.05) is 18.3 Å². The molecule has 1 aromatic rings. The number of carbonyl (C=O) groups excluding carboxylic acids is 1. The first-order valence-corrected chi connectivity index (χ1v) is 14.3. The quantitative estimate of drug-likeness (QED) is 0.211. The van der Waals surface area contributed by atoms with E-state index >= 15 is 0 Å². The molecule has 1 amide bonds. The monoisotopic (exact) mass is 556 g/mol. The SMILES string of the molecule is CCC(O)C(C(=O)O)C1N=C(C(=O)O)C(SC2CNC(C(=O)NCc3ccc(S(N)(=O)=O)cc3)C2)C1C. The lowest BCUT2D eigenvalue weighted by Gasteiger charge is -2.28. The Morgan fingerprint density at radius 3 is 2.43 bits per heavy atom. The predicted octanol–water partition coefficient (Wildman–Crippen LogP) is -0.202. The first-order valence-electron chi connectivity index (χ1n) is 11.8. The van der Waals surface area contributed by atoms with Gasteiger partial charge in [-0.2, -0.15) is 0 Å². The number of benzene rings is 1. The first-order chi connectivity index (χ1) is 17.3. The molecular weight excluding hydrogens is 524 g/mol. The lowest BCUT2D eigenvalue weighted by Crippen LogP contribution is -2.41. The highest BCUT2D eigenvalue weighted by Gasteiger charge is 2.48. The van der Waals surface area contributed by atoms with E-state index in [-0.39, 0.29) is 34.7 Å². The van der Waals surface area contributed by atoms with E-state index < -0.39 is 57.2 Å². The fourth-order valence-corrected chi connectivity index (χ4v) is 6.79. The van der Waals surface area contributed by atoms with Crippen LogP contribution in [0.3, 0.4) is 0 Å². The van der Waals surface area contributed by atoms with Crippen molar-refractivity contribution in [1.29, 1.82) is 0 Å². The maximum atomic E-state index is 12.7. The maximum absolute atomic E-state index is 12.7. The van der Waals surface area contributed by atoms with Crippen LogP contribution in [0.5, 0.6) is 0 Å². The molecule has 7 atom stereocenters. The molecule has 12 nitrogen and oxygen atoms in total. The van der Waals surface area contributed by atoms with Gasteiger partial charge in [-0.05, 0) is 36.5 Å². The molecule has 1 fully saturated rings. The lowest BCUT2D eigenvalue weighted by molar-refractivity contribution is -0.147. The molecule has 1 aromatic carbocycles. The zero-order chi connectivity index (χ0) is 27.5. The molecule has 37 heavy (non-hydrogen) atoms. The highest BCUT2D eigenvalue weighted by Crippen LogP contribution is 2.40. The Hall–Kier alpha value is -2.52. The van der Waals surface area contributed by atoms with E-state index in [9.17, 15) is 38.1 Å². The Morgan fingerprint density at radius 1 is 1.24 bits per heavy atom. The second-order valence-corrected chi connectivity index (χ2v) is 12.3.